The lowest BCUT2D eigenvalue weighted by atomic mass is 9.98. The first-order chi connectivity index (χ1) is 6.45. The first kappa shape index (κ1) is 8.49. The summed E-state index contributed by atoms with van der Waals surface area (Å²) in [6, 6.07) is 4.23. The van der Waals surface area contributed by atoms with Gasteiger partial charge in [0.05, 0.1) is 0 Å². The predicted molar refractivity (Wildman–Crippen MR) is 54.4 cm³/mol. The summed E-state index contributed by atoms with van der Waals surface area (Å²) in [6.07, 6.45) is 13.4. The molecule has 68 valence electrons. The SMILES string of the molecule is C1=CCC(CCc2ccncc2)C1. The number of nitrogens with zero attached hydrogens (tertiary/aromatic N) is 1. The van der Waals surface area contributed by atoms with Gasteiger partial charge in [0.2, 0.25) is 0 Å². The fraction of sp³-hybridized carbons (Fsp3) is 0.417. The Hall–Kier alpha value is -1.11. The average molecular weight is 173 g/mol. The van der Waals surface area contributed by atoms with Crippen LogP contribution in [-0.2, 0) is 6.42 Å². The third kappa shape index (κ3) is 2.41. The van der Waals surface area contributed by atoms with Crippen molar-refractivity contribution in [2.45, 2.75) is 25.7 Å². The van der Waals surface area contributed by atoms with Crippen LogP contribution in [0.15, 0.2) is 36.7 Å². The Kier molecular flexibility index (Phi) is 2.75. The Morgan fingerprint density at radius 1 is 1.15 bits per heavy atom. The maximum Gasteiger partial charge on any atom is 0.0270 e. The van der Waals surface area contributed by atoms with Crippen LogP contribution in [0.1, 0.15) is 24.8 Å². The molecule has 0 N–H and O–H groups in total. The van der Waals surface area contributed by atoms with Crippen molar-refractivity contribution in [1.82, 2.24) is 4.98 Å². The van der Waals surface area contributed by atoms with Crippen LogP contribution >= 0.6 is 0 Å². The van der Waals surface area contributed by atoms with E-state index in [2.05, 4.69) is 29.3 Å². The highest BCUT2D eigenvalue weighted by molar-refractivity contribution is 5.10. The van der Waals surface area contributed by atoms with E-state index in [4.69, 9.17) is 0 Å². The van der Waals surface area contributed by atoms with E-state index in [1.165, 1.54) is 31.2 Å². The van der Waals surface area contributed by atoms with Crippen LogP contribution < -0.4 is 0 Å². The number of allylic oxidation sites excluding steroid dienone is 2. The minimum atomic E-state index is 0.896. The molecule has 1 aliphatic carbocycles. The van der Waals surface area contributed by atoms with E-state index in [1.807, 2.05) is 12.4 Å². The number of pyridine rings is 1. The summed E-state index contributed by atoms with van der Waals surface area (Å²) in [5.41, 5.74) is 1.42. The fourth-order valence-corrected chi connectivity index (χ4v) is 1.83. The summed E-state index contributed by atoms with van der Waals surface area (Å²) in [5, 5.41) is 0. The molecule has 0 amide bonds. The molecule has 1 aliphatic rings. The highest BCUT2D eigenvalue weighted by Crippen LogP contribution is 2.22. The molecule has 0 fully saturated rings. The molecule has 0 saturated carbocycles. The average Bonchev–Trinajstić information content (AvgIpc) is 2.69. The topological polar surface area (TPSA) is 12.9 Å². The number of aryl methyl sites for hydroxylation is 1. The van der Waals surface area contributed by atoms with Crippen molar-refractivity contribution >= 4 is 0 Å². The molecular weight excluding hydrogens is 158 g/mol. The van der Waals surface area contributed by atoms with Crippen molar-refractivity contribution in [2.75, 3.05) is 0 Å². The number of hydrogen-bond donors (Lipinski definition) is 0. The zero-order chi connectivity index (χ0) is 8.93. The molecule has 0 spiro atoms. The highest BCUT2D eigenvalue weighted by Gasteiger charge is 2.09. The van der Waals surface area contributed by atoms with E-state index in [0.717, 1.165) is 5.92 Å². The van der Waals surface area contributed by atoms with Gasteiger partial charge >= 0.3 is 0 Å². The highest BCUT2D eigenvalue weighted by atomic mass is 14.6. The second-order valence-electron chi connectivity index (χ2n) is 3.70. The molecule has 1 nitrogen and oxygen atoms in total. The van der Waals surface area contributed by atoms with Crippen LogP contribution in [0.3, 0.4) is 0 Å². The van der Waals surface area contributed by atoms with E-state index in [0.29, 0.717) is 0 Å². The van der Waals surface area contributed by atoms with Crippen molar-refractivity contribution in [2.24, 2.45) is 5.92 Å². The molecule has 1 aromatic rings. The third-order valence-corrected chi connectivity index (χ3v) is 2.70. The normalized spacial score (nSPS) is 16.6. The molecule has 1 heterocycles. The number of hydrogen-bond acceptors (Lipinski definition) is 1. The lowest BCUT2D eigenvalue weighted by Crippen LogP contribution is -1.96. The monoisotopic (exact) mass is 173 g/mol. The molecule has 0 aliphatic heterocycles. The summed E-state index contributed by atoms with van der Waals surface area (Å²) in [4.78, 5) is 4.01. The van der Waals surface area contributed by atoms with Gasteiger partial charge in [-0.3, -0.25) is 4.98 Å². The van der Waals surface area contributed by atoms with Gasteiger partial charge in [0.1, 0.15) is 0 Å². The van der Waals surface area contributed by atoms with Gasteiger partial charge in [-0.1, -0.05) is 12.2 Å². The summed E-state index contributed by atoms with van der Waals surface area (Å²) < 4.78 is 0. The number of rotatable bonds is 3. The van der Waals surface area contributed by atoms with Crippen molar-refractivity contribution in [3.63, 3.8) is 0 Å². The van der Waals surface area contributed by atoms with Crippen LogP contribution in [0.4, 0.5) is 0 Å². The molecule has 0 saturated heterocycles. The largest absolute Gasteiger partial charge is 0.265 e. The van der Waals surface area contributed by atoms with Gasteiger partial charge < -0.3 is 0 Å². The predicted octanol–water partition coefficient (Wildman–Crippen LogP) is 2.98. The Morgan fingerprint density at radius 3 is 2.54 bits per heavy atom. The van der Waals surface area contributed by atoms with E-state index in [1.54, 1.807) is 0 Å². The Balaban J connectivity index is 1.80. The molecule has 0 bridgehead atoms. The molecule has 13 heavy (non-hydrogen) atoms. The van der Waals surface area contributed by atoms with E-state index >= 15 is 0 Å². The van der Waals surface area contributed by atoms with E-state index in [-0.39, 0.29) is 0 Å². The van der Waals surface area contributed by atoms with Gasteiger partial charge in [0.15, 0.2) is 0 Å². The van der Waals surface area contributed by atoms with Gasteiger partial charge in [-0.2, -0.15) is 0 Å². The molecular formula is C12H15N. The smallest absolute Gasteiger partial charge is 0.0270 e. The Bertz CT molecular complexity index is 268. The van der Waals surface area contributed by atoms with Crippen molar-refractivity contribution in [3.05, 3.63) is 42.2 Å². The summed E-state index contributed by atoms with van der Waals surface area (Å²) in [7, 11) is 0. The van der Waals surface area contributed by atoms with Crippen molar-refractivity contribution < 1.29 is 0 Å². The maximum absolute atomic E-state index is 4.01. The minimum absolute atomic E-state index is 0.896. The van der Waals surface area contributed by atoms with Gasteiger partial charge in [-0.15, -0.1) is 0 Å². The molecule has 1 aromatic heterocycles. The van der Waals surface area contributed by atoms with Crippen molar-refractivity contribution in [1.29, 1.82) is 0 Å². The molecule has 0 aromatic carbocycles. The maximum atomic E-state index is 4.01. The first-order valence-electron chi connectivity index (χ1n) is 4.99. The van der Waals surface area contributed by atoms with Crippen LogP contribution in [0, 0.1) is 5.92 Å². The lowest BCUT2D eigenvalue weighted by Gasteiger charge is -2.07. The first-order valence-corrected chi connectivity index (χ1v) is 4.99. The van der Waals surface area contributed by atoms with Crippen LogP contribution in [0.25, 0.3) is 0 Å². The zero-order valence-corrected chi connectivity index (χ0v) is 7.82. The van der Waals surface area contributed by atoms with Crippen LogP contribution in [0.5, 0.6) is 0 Å². The Labute approximate surface area is 79.5 Å². The zero-order valence-electron chi connectivity index (χ0n) is 7.82. The molecule has 0 unspecified atom stereocenters. The van der Waals surface area contributed by atoms with Gasteiger partial charge in [-0.25, -0.2) is 0 Å². The third-order valence-electron chi connectivity index (χ3n) is 2.70. The lowest BCUT2D eigenvalue weighted by molar-refractivity contribution is 0.521. The minimum Gasteiger partial charge on any atom is -0.265 e. The summed E-state index contributed by atoms with van der Waals surface area (Å²) in [5.74, 6) is 0.896. The van der Waals surface area contributed by atoms with E-state index in [9.17, 15) is 0 Å². The van der Waals surface area contributed by atoms with Gasteiger partial charge in [0, 0.05) is 12.4 Å². The summed E-state index contributed by atoms with van der Waals surface area (Å²) >= 11 is 0. The quantitative estimate of drug-likeness (QED) is 0.640. The van der Waals surface area contributed by atoms with Gasteiger partial charge in [0.25, 0.3) is 0 Å². The molecule has 0 radical (unpaired) electrons. The van der Waals surface area contributed by atoms with Crippen molar-refractivity contribution in [3.8, 4) is 0 Å². The van der Waals surface area contributed by atoms with E-state index < -0.39 is 0 Å². The molecule has 1 heteroatoms. The van der Waals surface area contributed by atoms with Crippen LogP contribution in [-0.4, -0.2) is 4.98 Å². The molecule has 0 atom stereocenters. The van der Waals surface area contributed by atoms with Crippen LogP contribution in [0.2, 0.25) is 0 Å². The second kappa shape index (κ2) is 4.22. The number of aromatic nitrogens is 1. The standard InChI is InChI=1S/C12H15N/c1-2-4-11(3-1)5-6-12-7-9-13-10-8-12/h1-2,7-11H,3-6H2. The second-order valence-corrected chi connectivity index (χ2v) is 3.70. The summed E-state index contributed by atoms with van der Waals surface area (Å²) in [6.45, 7) is 0. The van der Waals surface area contributed by atoms with Gasteiger partial charge in [-0.05, 0) is 49.3 Å². The molecule has 2 rings (SSSR count). The Morgan fingerprint density at radius 2 is 1.85 bits per heavy atom. The fourth-order valence-electron chi connectivity index (χ4n) is 1.83.